The van der Waals surface area contributed by atoms with Crippen LogP contribution in [-0.2, 0) is 9.53 Å². The summed E-state index contributed by atoms with van der Waals surface area (Å²) in [6.07, 6.45) is 3.05. The SMILES string of the molecule is CC1C2C=CC(O2)C1(N)C(=O)O.Cl. The van der Waals surface area contributed by atoms with Crippen molar-refractivity contribution in [2.75, 3.05) is 0 Å². The maximum absolute atomic E-state index is 10.9. The molecule has 4 atom stereocenters. The minimum atomic E-state index is -1.22. The van der Waals surface area contributed by atoms with Crippen molar-refractivity contribution in [1.29, 1.82) is 0 Å². The number of aliphatic carboxylic acids is 1. The first-order chi connectivity index (χ1) is 5.56. The largest absolute Gasteiger partial charge is 0.480 e. The maximum Gasteiger partial charge on any atom is 0.327 e. The topological polar surface area (TPSA) is 72.5 Å². The summed E-state index contributed by atoms with van der Waals surface area (Å²) >= 11 is 0. The van der Waals surface area contributed by atoms with Gasteiger partial charge in [-0.1, -0.05) is 19.1 Å². The van der Waals surface area contributed by atoms with Gasteiger partial charge in [-0.05, 0) is 0 Å². The number of rotatable bonds is 1. The summed E-state index contributed by atoms with van der Waals surface area (Å²) in [5, 5.41) is 8.93. The summed E-state index contributed by atoms with van der Waals surface area (Å²) in [7, 11) is 0. The summed E-state index contributed by atoms with van der Waals surface area (Å²) in [6.45, 7) is 1.81. The molecule has 1 fully saturated rings. The Morgan fingerprint density at radius 1 is 1.62 bits per heavy atom. The molecule has 4 unspecified atom stereocenters. The molecule has 0 aromatic carbocycles. The molecule has 13 heavy (non-hydrogen) atoms. The van der Waals surface area contributed by atoms with Gasteiger partial charge in [-0.25, -0.2) is 0 Å². The Balaban J connectivity index is 0.000000845. The van der Waals surface area contributed by atoms with Crippen LogP contribution in [0.15, 0.2) is 12.2 Å². The first kappa shape index (κ1) is 10.5. The number of fused-ring (bicyclic) bond motifs is 2. The number of hydrogen-bond donors (Lipinski definition) is 2. The lowest BCUT2D eigenvalue weighted by atomic mass is 9.78. The van der Waals surface area contributed by atoms with E-state index in [9.17, 15) is 4.79 Å². The molecule has 0 aromatic heterocycles. The molecule has 3 N–H and O–H groups in total. The molecule has 0 saturated carbocycles. The summed E-state index contributed by atoms with van der Waals surface area (Å²) in [5.74, 6) is -1.13. The monoisotopic (exact) mass is 205 g/mol. The molecule has 0 amide bonds. The molecule has 0 aromatic rings. The third-order valence-corrected chi connectivity index (χ3v) is 2.87. The van der Waals surface area contributed by atoms with Crippen LogP contribution in [-0.4, -0.2) is 28.8 Å². The van der Waals surface area contributed by atoms with Gasteiger partial charge in [-0.2, -0.15) is 0 Å². The maximum atomic E-state index is 10.9. The van der Waals surface area contributed by atoms with Crippen molar-refractivity contribution in [2.24, 2.45) is 11.7 Å². The van der Waals surface area contributed by atoms with E-state index in [0.717, 1.165) is 0 Å². The van der Waals surface area contributed by atoms with Gasteiger partial charge in [0.1, 0.15) is 11.6 Å². The molecule has 0 spiro atoms. The smallest absolute Gasteiger partial charge is 0.327 e. The third kappa shape index (κ3) is 1.10. The number of hydrogen-bond acceptors (Lipinski definition) is 3. The number of nitrogens with two attached hydrogens (primary N) is 1. The number of carbonyl (C=O) groups is 1. The van der Waals surface area contributed by atoms with E-state index in [1.54, 1.807) is 6.08 Å². The lowest BCUT2D eigenvalue weighted by molar-refractivity contribution is -0.145. The minimum absolute atomic E-state index is 0. The number of ether oxygens (including phenoxy) is 1. The van der Waals surface area contributed by atoms with Gasteiger partial charge in [0, 0.05) is 5.92 Å². The fraction of sp³-hybridized carbons (Fsp3) is 0.625. The van der Waals surface area contributed by atoms with Gasteiger partial charge in [-0.3, -0.25) is 4.79 Å². The molecule has 4 nitrogen and oxygen atoms in total. The van der Waals surface area contributed by atoms with E-state index in [4.69, 9.17) is 15.6 Å². The van der Waals surface area contributed by atoms with E-state index in [-0.39, 0.29) is 24.4 Å². The van der Waals surface area contributed by atoms with Gasteiger partial charge in [0.25, 0.3) is 0 Å². The molecule has 0 aliphatic carbocycles. The van der Waals surface area contributed by atoms with Crippen LogP contribution >= 0.6 is 12.4 Å². The predicted octanol–water partition coefficient (Wildman–Crippen LogP) is 0.164. The Morgan fingerprint density at radius 3 is 2.54 bits per heavy atom. The Kier molecular flexibility index (Phi) is 2.40. The van der Waals surface area contributed by atoms with Crippen LogP contribution in [0.1, 0.15) is 6.92 Å². The number of halogens is 1. The fourth-order valence-electron chi connectivity index (χ4n) is 1.87. The highest BCUT2D eigenvalue weighted by molar-refractivity contribution is 5.85. The van der Waals surface area contributed by atoms with Crippen LogP contribution in [0.2, 0.25) is 0 Å². The van der Waals surface area contributed by atoms with Crippen molar-refractivity contribution in [3.8, 4) is 0 Å². The van der Waals surface area contributed by atoms with E-state index in [2.05, 4.69) is 0 Å². The lowest BCUT2D eigenvalue weighted by Crippen LogP contribution is -2.58. The molecule has 5 heteroatoms. The average molecular weight is 206 g/mol. The molecule has 1 saturated heterocycles. The van der Waals surface area contributed by atoms with Gasteiger partial charge in [0.2, 0.25) is 0 Å². The van der Waals surface area contributed by atoms with Crippen LogP contribution in [0.25, 0.3) is 0 Å². The first-order valence-electron chi connectivity index (χ1n) is 3.93. The van der Waals surface area contributed by atoms with Gasteiger partial charge in [0.05, 0.1) is 6.10 Å². The molecule has 2 rings (SSSR count). The summed E-state index contributed by atoms with van der Waals surface area (Å²) in [4.78, 5) is 10.9. The lowest BCUT2D eigenvalue weighted by Gasteiger charge is -2.28. The molecular weight excluding hydrogens is 194 g/mol. The van der Waals surface area contributed by atoms with E-state index < -0.39 is 17.6 Å². The molecule has 2 aliphatic rings. The zero-order valence-corrected chi connectivity index (χ0v) is 7.95. The standard InChI is InChI=1S/C8H11NO3.ClH/c1-4-5-2-3-6(12-5)8(4,9)7(10)11;/h2-6H,9H2,1H3,(H,10,11);1H. The van der Waals surface area contributed by atoms with Crippen molar-refractivity contribution >= 4 is 18.4 Å². The number of carboxylic acids is 1. The van der Waals surface area contributed by atoms with Crippen LogP contribution in [0, 0.1) is 5.92 Å². The molecule has 2 heterocycles. The summed E-state index contributed by atoms with van der Waals surface area (Å²) in [6, 6.07) is 0. The Morgan fingerprint density at radius 2 is 2.23 bits per heavy atom. The second-order valence-electron chi connectivity index (χ2n) is 3.43. The van der Waals surface area contributed by atoms with Gasteiger partial charge >= 0.3 is 5.97 Å². The zero-order chi connectivity index (χ0) is 8.93. The normalized spacial score (nSPS) is 46.2. The van der Waals surface area contributed by atoms with E-state index in [1.807, 2.05) is 13.0 Å². The van der Waals surface area contributed by atoms with E-state index >= 15 is 0 Å². The Labute approximate surface area is 82.2 Å². The third-order valence-electron chi connectivity index (χ3n) is 2.87. The van der Waals surface area contributed by atoms with Crippen LogP contribution in [0.5, 0.6) is 0 Å². The van der Waals surface area contributed by atoms with Crippen LogP contribution in [0.4, 0.5) is 0 Å². The molecule has 74 valence electrons. The van der Waals surface area contributed by atoms with Crippen molar-refractivity contribution in [3.05, 3.63) is 12.2 Å². The molecule has 2 aliphatic heterocycles. The molecular formula is C8H12ClNO3. The van der Waals surface area contributed by atoms with E-state index in [0.29, 0.717) is 0 Å². The summed E-state index contributed by atoms with van der Waals surface area (Å²) < 4.78 is 5.34. The van der Waals surface area contributed by atoms with Crippen LogP contribution < -0.4 is 5.73 Å². The molecule has 0 radical (unpaired) electrons. The zero-order valence-electron chi connectivity index (χ0n) is 7.14. The van der Waals surface area contributed by atoms with Crippen molar-refractivity contribution in [3.63, 3.8) is 0 Å². The second kappa shape index (κ2) is 2.97. The predicted molar refractivity (Wildman–Crippen MR) is 48.8 cm³/mol. The highest BCUT2D eigenvalue weighted by atomic mass is 35.5. The number of carboxylic acid groups (broad SMARTS) is 1. The van der Waals surface area contributed by atoms with Gasteiger partial charge in [-0.15, -0.1) is 12.4 Å². The Bertz CT molecular complexity index is 268. The fourth-order valence-corrected chi connectivity index (χ4v) is 1.87. The first-order valence-corrected chi connectivity index (χ1v) is 3.93. The van der Waals surface area contributed by atoms with Crippen LogP contribution in [0.3, 0.4) is 0 Å². The molecule has 2 bridgehead atoms. The van der Waals surface area contributed by atoms with Crippen molar-refractivity contribution in [2.45, 2.75) is 24.7 Å². The quantitative estimate of drug-likeness (QED) is 0.599. The van der Waals surface area contributed by atoms with Crippen molar-refractivity contribution in [1.82, 2.24) is 0 Å². The van der Waals surface area contributed by atoms with Gasteiger partial charge in [0.15, 0.2) is 0 Å². The minimum Gasteiger partial charge on any atom is -0.480 e. The Hall–Kier alpha value is -0.580. The highest BCUT2D eigenvalue weighted by Gasteiger charge is 2.58. The average Bonchev–Trinajstić information content (AvgIpc) is 2.55. The highest BCUT2D eigenvalue weighted by Crippen LogP contribution is 2.40. The van der Waals surface area contributed by atoms with E-state index in [1.165, 1.54) is 0 Å². The summed E-state index contributed by atoms with van der Waals surface area (Å²) in [5.41, 5.74) is 4.53. The van der Waals surface area contributed by atoms with Gasteiger partial charge < -0.3 is 15.6 Å². The van der Waals surface area contributed by atoms with Crippen molar-refractivity contribution < 1.29 is 14.6 Å². The second-order valence-corrected chi connectivity index (χ2v) is 3.43.